The molecule has 0 unspecified atom stereocenters. The zero-order chi connectivity index (χ0) is 18.3. The summed E-state index contributed by atoms with van der Waals surface area (Å²) in [5.41, 5.74) is 1.89. The number of thioether (sulfide) groups is 1. The summed E-state index contributed by atoms with van der Waals surface area (Å²) in [6.07, 6.45) is 4.97. The largest absolute Gasteiger partial charge is 0.322 e. The quantitative estimate of drug-likeness (QED) is 0.389. The van der Waals surface area contributed by atoms with Gasteiger partial charge in [-0.2, -0.15) is 0 Å². The summed E-state index contributed by atoms with van der Waals surface area (Å²) in [4.78, 5) is 28.3. The Morgan fingerprint density at radius 3 is 3.04 bits per heavy atom. The summed E-state index contributed by atoms with van der Waals surface area (Å²) in [7, 11) is 0. The first-order valence-electron chi connectivity index (χ1n) is 8.40. The number of thiophene rings is 1. The number of aromatic nitrogens is 3. The number of hydrogen-bond donors (Lipinski definition) is 1. The number of carbonyl (C=O) groups is 1. The second-order valence-electron chi connectivity index (χ2n) is 6.20. The van der Waals surface area contributed by atoms with Crippen molar-refractivity contribution >= 4 is 56.5 Å². The Bertz CT molecular complexity index is 1000. The van der Waals surface area contributed by atoms with E-state index in [4.69, 9.17) is 11.6 Å². The number of carbonyl (C=O) groups excluding carboxylic acids is 1. The van der Waals surface area contributed by atoms with E-state index in [0.29, 0.717) is 5.69 Å². The maximum Gasteiger partial charge on any atom is 0.237 e. The number of aryl methyl sites for hydroxylation is 3. The van der Waals surface area contributed by atoms with E-state index >= 15 is 0 Å². The Kier molecular flexibility index (Phi) is 4.86. The SMILES string of the molecule is Cc1nc(S[C@@H](C)C(=O)Nc2cccnc2Cl)c2c3c(sc2n1)CCC3. The number of rotatable bonds is 4. The molecule has 0 saturated carbocycles. The van der Waals surface area contributed by atoms with Gasteiger partial charge < -0.3 is 5.32 Å². The number of nitrogens with one attached hydrogen (secondary N) is 1. The van der Waals surface area contributed by atoms with Crippen LogP contribution in [0.5, 0.6) is 0 Å². The summed E-state index contributed by atoms with van der Waals surface area (Å²) < 4.78 is 0. The van der Waals surface area contributed by atoms with E-state index in [0.717, 1.165) is 33.9 Å². The predicted octanol–water partition coefficient (Wildman–Crippen LogP) is 4.66. The third-order valence-electron chi connectivity index (χ3n) is 4.32. The van der Waals surface area contributed by atoms with Crippen molar-refractivity contribution in [3.8, 4) is 0 Å². The van der Waals surface area contributed by atoms with Crippen LogP contribution in [0.1, 0.15) is 29.6 Å². The molecule has 0 spiro atoms. The minimum absolute atomic E-state index is 0.124. The Morgan fingerprint density at radius 2 is 2.23 bits per heavy atom. The fourth-order valence-corrected chi connectivity index (χ4v) is 5.65. The Morgan fingerprint density at radius 1 is 1.38 bits per heavy atom. The van der Waals surface area contributed by atoms with Crippen molar-refractivity contribution < 1.29 is 4.79 Å². The van der Waals surface area contributed by atoms with Crippen LogP contribution in [0.15, 0.2) is 23.4 Å². The van der Waals surface area contributed by atoms with Crippen LogP contribution in [0.2, 0.25) is 5.15 Å². The molecule has 3 aromatic rings. The van der Waals surface area contributed by atoms with Crippen molar-refractivity contribution in [1.82, 2.24) is 15.0 Å². The van der Waals surface area contributed by atoms with Gasteiger partial charge in [0.15, 0.2) is 5.15 Å². The lowest BCUT2D eigenvalue weighted by Gasteiger charge is -2.13. The highest BCUT2D eigenvalue weighted by Crippen LogP contribution is 2.41. The number of halogens is 1. The second kappa shape index (κ2) is 7.13. The lowest BCUT2D eigenvalue weighted by atomic mass is 10.2. The van der Waals surface area contributed by atoms with E-state index in [2.05, 4.69) is 20.3 Å². The normalized spacial score (nSPS) is 14.4. The molecule has 4 rings (SSSR count). The molecule has 0 aliphatic heterocycles. The maximum absolute atomic E-state index is 12.6. The summed E-state index contributed by atoms with van der Waals surface area (Å²) >= 11 is 9.26. The lowest BCUT2D eigenvalue weighted by Crippen LogP contribution is -2.23. The van der Waals surface area contributed by atoms with Crippen LogP contribution in [-0.4, -0.2) is 26.1 Å². The van der Waals surface area contributed by atoms with Gasteiger partial charge in [-0.1, -0.05) is 23.4 Å². The van der Waals surface area contributed by atoms with Gasteiger partial charge in [-0.15, -0.1) is 11.3 Å². The van der Waals surface area contributed by atoms with E-state index < -0.39 is 0 Å². The predicted molar refractivity (Wildman–Crippen MR) is 107 cm³/mol. The number of amides is 1. The third-order valence-corrected chi connectivity index (χ3v) is 6.89. The van der Waals surface area contributed by atoms with Crippen molar-refractivity contribution in [2.75, 3.05) is 5.32 Å². The molecule has 0 bridgehead atoms. The van der Waals surface area contributed by atoms with Gasteiger partial charge >= 0.3 is 0 Å². The van der Waals surface area contributed by atoms with Gasteiger partial charge in [0.05, 0.1) is 10.9 Å². The number of hydrogen-bond acceptors (Lipinski definition) is 6. The number of fused-ring (bicyclic) bond motifs is 3. The standard InChI is InChI=1S/C18H17ClN4OS2/c1-9(16(24)23-12-6-4-8-20-15(12)19)25-17-14-11-5-3-7-13(11)26-18(14)22-10(2)21-17/h4,6,8-9H,3,5,7H2,1-2H3,(H,23,24)/t9-/m0/s1. The van der Waals surface area contributed by atoms with Gasteiger partial charge in [-0.3, -0.25) is 4.79 Å². The van der Waals surface area contributed by atoms with E-state index in [1.54, 1.807) is 29.7 Å². The minimum atomic E-state index is -0.319. The van der Waals surface area contributed by atoms with Crippen molar-refractivity contribution in [2.24, 2.45) is 0 Å². The highest BCUT2D eigenvalue weighted by molar-refractivity contribution is 8.00. The van der Waals surface area contributed by atoms with Gasteiger partial charge in [0.25, 0.3) is 0 Å². The smallest absolute Gasteiger partial charge is 0.237 e. The average molecular weight is 405 g/mol. The lowest BCUT2D eigenvalue weighted by molar-refractivity contribution is -0.115. The van der Waals surface area contributed by atoms with Crippen molar-refractivity contribution in [3.05, 3.63) is 39.7 Å². The fourth-order valence-electron chi connectivity index (χ4n) is 3.08. The molecule has 0 fully saturated rings. The van der Waals surface area contributed by atoms with Crippen molar-refractivity contribution in [1.29, 1.82) is 0 Å². The molecule has 5 nitrogen and oxygen atoms in total. The van der Waals surface area contributed by atoms with Gasteiger partial charge in [0, 0.05) is 16.5 Å². The summed E-state index contributed by atoms with van der Waals surface area (Å²) in [5.74, 6) is 0.615. The number of nitrogens with zero attached hydrogens (tertiary/aromatic N) is 3. The van der Waals surface area contributed by atoms with Crippen LogP contribution < -0.4 is 5.32 Å². The van der Waals surface area contributed by atoms with Crippen LogP contribution >= 0.6 is 34.7 Å². The monoisotopic (exact) mass is 404 g/mol. The molecular weight excluding hydrogens is 388 g/mol. The number of pyridine rings is 1. The molecule has 1 N–H and O–H groups in total. The van der Waals surface area contributed by atoms with Crippen LogP contribution in [0, 0.1) is 6.92 Å². The number of anilines is 1. The summed E-state index contributed by atoms with van der Waals surface area (Å²) in [6.45, 7) is 3.77. The second-order valence-corrected chi connectivity index (χ2v) is 8.98. The van der Waals surface area contributed by atoms with Crippen LogP contribution in [0.25, 0.3) is 10.2 Å². The van der Waals surface area contributed by atoms with Gasteiger partial charge in [-0.05, 0) is 50.8 Å². The molecule has 8 heteroatoms. The van der Waals surface area contributed by atoms with E-state index in [-0.39, 0.29) is 16.3 Å². The third kappa shape index (κ3) is 3.31. The molecule has 0 saturated heterocycles. The first kappa shape index (κ1) is 17.7. The van der Waals surface area contributed by atoms with Gasteiger partial charge in [0.1, 0.15) is 15.7 Å². The molecule has 0 aromatic carbocycles. The molecule has 1 aliphatic carbocycles. The van der Waals surface area contributed by atoms with Crippen molar-refractivity contribution in [2.45, 2.75) is 43.4 Å². The van der Waals surface area contributed by atoms with Gasteiger partial charge in [0.2, 0.25) is 5.91 Å². The van der Waals surface area contributed by atoms with Crippen molar-refractivity contribution in [3.63, 3.8) is 0 Å². The van der Waals surface area contributed by atoms with Crippen LogP contribution in [-0.2, 0) is 17.6 Å². The summed E-state index contributed by atoms with van der Waals surface area (Å²) in [6, 6.07) is 3.48. The zero-order valence-electron chi connectivity index (χ0n) is 14.4. The molecule has 1 atom stereocenters. The first-order chi connectivity index (χ1) is 12.5. The molecule has 3 aromatic heterocycles. The van der Waals surface area contributed by atoms with E-state index in [9.17, 15) is 4.79 Å². The molecular formula is C18H17ClN4OS2. The minimum Gasteiger partial charge on any atom is -0.322 e. The summed E-state index contributed by atoms with van der Waals surface area (Å²) in [5, 5.41) is 4.84. The first-order valence-corrected chi connectivity index (χ1v) is 10.5. The van der Waals surface area contributed by atoms with E-state index in [1.165, 1.54) is 28.6 Å². The van der Waals surface area contributed by atoms with E-state index in [1.807, 2.05) is 13.8 Å². The fraction of sp³-hybridized carbons (Fsp3) is 0.333. The Hall–Kier alpha value is -1.70. The molecule has 1 amide bonds. The highest BCUT2D eigenvalue weighted by Gasteiger charge is 2.24. The van der Waals surface area contributed by atoms with Gasteiger partial charge in [-0.25, -0.2) is 15.0 Å². The maximum atomic E-state index is 12.6. The molecule has 134 valence electrons. The van der Waals surface area contributed by atoms with Crippen LogP contribution in [0.3, 0.4) is 0 Å². The molecule has 0 radical (unpaired) electrons. The molecule has 3 heterocycles. The van der Waals surface area contributed by atoms with Crippen LogP contribution in [0.4, 0.5) is 5.69 Å². The Labute approximate surface area is 164 Å². The topological polar surface area (TPSA) is 67.8 Å². The zero-order valence-corrected chi connectivity index (χ0v) is 16.8. The Balaban J connectivity index is 1.60. The highest BCUT2D eigenvalue weighted by atomic mass is 35.5. The molecule has 1 aliphatic rings. The molecule has 26 heavy (non-hydrogen) atoms. The average Bonchev–Trinajstić information content (AvgIpc) is 3.17.